The van der Waals surface area contributed by atoms with Gasteiger partial charge in [0.1, 0.15) is 5.75 Å². The zero-order valence-electron chi connectivity index (χ0n) is 19.6. The van der Waals surface area contributed by atoms with Gasteiger partial charge in [-0.3, -0.25) is 14.8 Å². The molecule has 0 unspecified atom stereocenters. The first-order valence-electron chi connectivity index (χ1n) is 11.0. The molecule has 1 aromatic heterocycles. The minimum Gasteiger partial charge on any atom is -0.495 e. The Balaban J connectivity index is 1.56. The molecule has 36 heavy (non-hydrogen) atoms. The van der Waals surface area contributed by atoms with Crippen LogP contribution in [0.15, 0.2) is 51.7 Å². The highest BCUT2D eigenvalue weighted by Gasteiger charge is 2.28. The predicted octanol–water partition coefficient (Wildman–Crippen LogP) is 3.08. The molecule has 2 N–H and O–H groups in total. The number of methoxy groups -OCH3 is 1. The Morgan fingerprint density at radius 2 is 1.75 bits per heavy atom. The fourth-order valence-electron chi connectivity index (χ4n) is 3.73. The van der Waals surface area contributed by atoms with Gasteiger partial charge in [-0.2, -0.15) is 12.7 Å². The zero-order chi connectivity index (χ0) is 25.9. The summed E-state index contributed by atoms with van der Waals surface area (Å²) in [4.78, 5) is 12.5. The van der Waals surface area contributed by atoms with E-state index in [0.29, 0.717) is 30.0 Å². The van der Waals surface area contributed by atoms with Gasteiger partial charge in [-0.15, -0.1) is 10.2 Å². The smallest absolute Gasteiger partial charge is 0.291 e. The number of amides is 1. The number of hydrogen-bond donors (Lipinski definition) is 2. The highest BCUT2D eigenvalue weighted by atomic mass is 32.2. The van der Waals surface area contributed by atoms with Crippen LogP contribution < -0.4 is 14.8 Å². The molecule has 0 atom stereocenters. The van der Waals surface area contributed by atoms with Crippen LogP contribution in [-0.4, -0.2) is 57.4 Å². The minimum atomic E-state index is -4.27. The number of ether oxygens (including phenoxy) is 1. The first-order valence-corrected chi connectivity index (χ1v) is 14.8. The number of sulfonamides is 2. The quantitative estimate of drug-likeness (QED) is 0.406. The molecule has 1 aliphatic rings. The van der Waals surface area contributed by atoms with Crippen molar-refractivity contribution in [2.75, 3.05) is 30.2 Å². The van der Waals surface area contributed by atoms with Crippen molar-refractivity contribution in [3.8, 4) is 5.75 Å². The van der Waals surface area contributed by atoms with E-state index in [-0.39, 0.29) is 21.5 Å². The van der Waals surface area contributed by atoms with Gasteiger partial charge >= 0.3 is 0 Å². The summed E-state index contributed by atoms with van der Waals surface area (Å²) in [5.41, 5.74) is 1.11. The van der Waals surface area contributed by atoms with Crippen LogP contribution in [0.5, 0.6) is 5.75 Å². The van der Waals surface area contributed by atoms with Gasteiger partial charge < -0.3 is 4.74 Å². The molecule has 2 aromatic carbocycles. The molecule has 1 saturated heterocycles. The monoisotopic (exact) mass is 551 g/mol. The van der Waals surface area contributed by atoms with E-state index in [1.165, 1.54) is 29.6 Å². The van der Waals surface area contributed by atoms with Crippen molar-refractivity contribution < 1.29 is 26.4 Å². The van der Waals surface area contributed by atoms with E-state index in [9.17, 15) is 21.6 Å². The van der Waals surface area contributed by atoms with Crippen molar-refractivity contribution >= 4 is 48.1 Å². The van der Waals surface area contributed by atoms with E-state index >= 15 is 0 Å². The Morgan fingerprint density at radius 3 is 2.44 bits per heavy atom. The largest absolute Gasteiger partial charge is 0.495 e. The second kappa shape index (κ2) is 10.5. The number of aryl methyl sites for hydroxylation is 1. The van der Waals surface area contributed by atoms with Gasteiger partial charge in [0.25, 0.3) is 20.3 Å². The lowest BCUT2D eigenvalue weighted by Crippen LogP contribution is -2.35. The summed E-state index contributed by atoms with van der Waals surface area (Å²) in [5, 5.41) is 10.00. The van der Waals surface area contributed by atoms with E-state index in [1.54, 1.807) is 31.2 Å². The maximum absolute atomic E-state index is 13.1. The molecule has 0 bridgehead atoms. The Bertz CT molecular complexity index is 1480. The van der Waals surface area contributed by atoms with Gasteiger partial charge in [-0.25, -0.2) is 8.42 Å². The average Bonchev–Trinajstić information content (AvgIpc) is 3.34. The fourth-order valence-corrected chi connectivity index (χ4v) is 7.23. The third-order valence-corrected chi connectivity index (χ3v) is 10.1. The van der Waals surface area contributed by atoms with Crippen LogP contribution in [0.3, 0.4) is 0 Å². The van der Waals surface area contributed by atoms with Gasteiger partial charge in [0.2, 0.25) is 15.2 Å². The number of nitrogens with zero attached hydrogens (tertiary/aromatic N) is 3. The molecule has 1 fully saturated rings. The average molecular weight is 552 g/mol. The number of aromatic nitrogens is 2. The molecule has 0 saturated carbocycles. The van der Waals surface area contributed by atoms with Crippen LogP contribution in [0.1, 0.15) is 35.2 Å². The third-order valence-electron chi connectivity index (χ3n) is 5.61. The first-order chi connectivity index (χ1) is 17.1. The molecule has 11 nitrogen and oxygen atoms in total. The van der Waals surface area contributed by atoms with Gasteiger partial charge in [-0.05, 0) is 49.6 Å². The third kappa shape index (κ3) is 5.51. The topological polar surface area (TPSA) is 148 Å². The number of carbonyl (C=O) groups excluding carboxylic acids is 1. The molecular weight excluding hydrogens is 526 g/mol. The van der Waals surface area contributed by atoms with E-state index < -0.39 is 30.3 Å². The number of rotatable bonds is 8. The van der Waals surface area contributed by atoms with Crippen molar-refractivity contribution in [2.24, 2.45) is 0 Å². The van der Waals surface area contributed by atoms with Crippen LogP contribution in [0.25, 0.3) is 0 Å². The van der Waals surface area contributed by atoms with Gasteiger partial charge in [0, 0.05) is 18.7 Å². The van der Waals surface area contributed by atoms with Crippen LogP contribution in [0.2, 0.25) is 0 Å². The van der Waals surface area contributed by atoms with Crippen molar-refractivity contribution in [1.29, 1.82) is 0 Å². The van der Waals surface area contributed by atoms with Crippen molar-refractivity contribution in [3.05, 3.63) is 53.6 Å². The molecule has 3 aromatic rings. The Hall–Kier alpha value is -3.07. The second-order valence-corrected chi connectivity index (χ2v) is 12.8. The summed E-state index contributed by atoms with van der Waals surface area (Å²) < 4.78 is 60.7. The minimum absolute atomic E-state index is 0.00276. The number of hydrogen-bond acceptors (Lipinski definition) is 9. The molecule has 1 amide bonds. The summed E-state index contributed by atoms with van der Waals surface area (Å²) >= 11 is 0.662. The summed E-state index contributed by atoms with van der Waals surface area (Å²) in [6.45, 7) is 2.61. The standard InChI is InChI=1S/C22H25N5O6S3/c1-15-8-4-5-9-17(15)20(28)23-21-24-25-22(34-21)35(29,30)26-18-14-16(10-11-19(18)33-2)36(31,32)27-12-6-3-7-13-27/h4-5,8-11,14,26H,3,6-7,12-13H2,1-2H3,(H,23,24,28). The van der Waals surface area contributed by atoms with E-state index in [0.717, 1.165) is 24.8 Å². The molecule has 0 radical (unpaired) electrons. The normalized spacial score (nSPS) is 14.8. The molecular formula is C22H25N5O6S3. The van der Waals surface area contributed by atoms with Crippen LogP contribution in [0, 0.1) is 6.92 Å². The fraction of sp³-hybridized carbons (Fsp3) is 0.318. The number of nitrogens with one attached hydrogen (secondary N) is 2. The summed E-state index contributed by atoms with van der Waals surface area (Å²) in [7, 11) is -6.72. The molecule has 1 aliphatic heterocycles. The van der Waals surface area contributed by atoms with Crippen molar-refractivity contribution in [3.63, 3.8) is 0 Å². The zero-order valence-corrected chi connectivity index (χ0v) is 22.0. The van der Waals surface area contributed by atoms with Gasteiger partial charge in [0.15, 0.2) is 0 Å². The van der Waals surface area contributed by atoms with Gasteiger partial charge in [-0.1, -0.05) is 36.0 Å². The number of anilines is 2. The Kier molecular flexibility index (Phi) is 7.59. The lowest BCUT2D eigenvalue weighted by Gasteiger charge is -2.26. The summed E-state index contributed by atoms with van der Waals surface area (Å²) in [6, 6.07) is 10.9. The molecule has 0 aliphatic carbocycles. The summed E-state index contributed by atoms with van der Waals surface area (Å²) in [6.07, 6.45) is 2.51. The molecule has 0 spiro atoms. The highest BCUT2D eigenvalue weighted by molar-refractivity contribution is 7.94. The van der Waals surface area contributed by atoms with Crippen molar-refractivity contribution in [1.82, 2.24) is 14.5 Å². The second-order valence-electron chi connectivity index (χ2n) is 8.07. The molecule has 4 rings (SSSR count). The Labute approximate surface area is 213 Å². The number of piperidine rings is 1. The summed E-state index contributed by atoms with van der Waals surface area (Å²) in [5.74, 6) is -0.313. The molecule has 2 heterocycles. The van der Waals surface area contributed by atoms with Crippen LogP contribution >= 0.6 is 11.3 Å². The highest BCUT2D eigenvalue weighted by Crippen LogP contribution is 2.32. The van der Waals surface area contributed by atoms with Gasteiger partial charge in [0.05, 0.1) is 17.7 Å². The lowest BCUT2D eigenvalue weighted by atomic mass is 10.1. The predicted molar refractivity (Wildman–Crippen MR) is 135 cm³/mol. The van der Waals surface area contributed by atoms with Crippen LogP contribution in [0.4, 0.5) is 10.8 Å². The number of carbonyl (C=O) groups is 1. The van der Waals surface area contributed by atoms with Crippen LogP contribution in [-0.2, 0) is 20.0 Å². The lowest BCUT2D eigenvalue weighted by molar-refractivity contribution is 0.102. The molecule has 192 valence electrons. The van der Waals surface area contributed by atoms with E-state index in [2.05, 4.69) is 20.2 Å². The van der Waals surface area contributed by atoms with E-state index in [1.807, 2.05) is 0 Å². The molecule has 14 heteroatoms. The maximum Gasteiger partial charge on any atom is 0.291 e. The SMILES string of the molecule is COc1ccc(S(=O)(=O)N2CCCCC2)cc1NS(=O)(=O)c1nnc(NC(=O)c2ccccc2C)s1. The Morgan fingerprint density at radius 1 is 1.03 bits per heavy atom. The number of benzene rings is 2. The first kappa shape index (κ1) is 26.0. The maximum atomic E-state index is 13.1. The van der Waals surface area contributed by atoms with E-state index in [4.69, 9.17) is 4.74 Å². The van der Waals surface area contributed by atoms with Crippen molar-refractivity contribution in [2.45, 2.75) is 35.4 Å².